The first-order valence-electron chi connectivity index (χ1n) is 4.36. The number of rotatable bonds is 4. The van der Waals surface area contributed by atoms with E-state index in [1.165, 1.54) is 12.3 Å². The fourth-order valence-corrected chi connectivity index (χ4v) is 0.976. The predicted octanol–water partition coefficient (Wildman–Crippen LogP) is 0.575. The summed E-state index contributed by atoms with van der Waals surface area (Å²) in [7, 11) is 0. The van der Waals surface area contributed by atoms with Gasteiger partial charge in [0.2, 0.25) is 0 Å². The molecule has 0 aromatic carbocycles. The second-order valence-electron chi connectivity index (χ2n) is 3.14. The van der Waals surface area contributed by atoms with Gasteiger partial charge in [-0.15, -0.1) is 0 Å². The standard InChI is InChI=1S/C9H10F2N4O/c10-9(11,5-16)4-15-8-6(2-12)1-7(13)3-14-8/h1,3,16H,4-5,13H2,(H,14,15). The summed E-state index contributed by atoms with van der Waals surface area (Å²) in [5.74, 6) is -3.24. The molecule has 0 aliphatic heterocycles. The molecule has 0 aliphatic rings. The number of pyridine rings is 1. The highest BCUT2D eigenvalue weighted by atomic mass is 19.3. The number of nitrogens with two attached hydrogens (primary N) is 1. The summed E-state index contributed by atoms with van der Waals surface area (Å²) >= 11 is 0. The van der Waals surface area contributed by atoms with E-state index in [0.29, 0.717) is 0 Å². The molecule has 86 valence electrons. The Morgan fingerprint density at radius 2 is 2.31 bits per heavy atom. The Bertz CT molecular complexity index is 416. The largest absolute Gasteiger partial charge is 0.397 e. The third-order valence-corrected chi connectivity index (χ3v) is 1.78. The lowest BCUT2D eigenvalue weighted by molar-refractivity contribution is -0.0373. The molecule has 0 atom stereocenters. The van der Waals surface area contributed by atoms with Gasteiger partial charge in [0.15, 0.2) is 0 Å². The normalized spacial score (nSPS) is 10.9. The topological polar surface area (TPSA) is 95.0 Å². The van der Waals surface area contributed by atoms with Gasteiger partial charge < -0.3 is 16.2 Å². The molecule has 7 heteroatoms. The second-order valence-corrected chi connectivity index (χ2v) is 3.14. The summed E-state index contributed by atoms with van der Waals surface area (Å²) in [6.07, 6.45) is 1.25. The number of halogens is 2. The van der Waals surface area contributed by atoms with Crippen LogP contribution >= 0.6 is 0 Å². The molecule has 16 heavy (non-hydrogen) atoms. The fourth-order valence-electron chi connectivity index (χ4n) is 0.976. The molecule has 1 aromatic rings. The van der Waals surface area contributed by atoms with Gasteiger partial charge in [-0.05, 0) is 6.07 Å². The summed E-state index contributed by atoms with van der Waals surface area (Å²) in [6.45, 7) is -2.06. The van der Waals surface area contributed by atoms with Crippen molar-refractivity contribution in [1.82, 2.24) is 4.98 Å². The summed E-state index contributed by atoms with van der Waals surface area (Å²) in [5, 5.41) is 19.3. The number of hydrogen-bond acceptors (Lipinski definition) is 5. The van der Waals surface area contributed by atoms with Crippen LogP contribution in [0.25, 0.3) is 0 Å². The van der Waals surface area contributed by atoms with Crippen molar-refractivity contribution in [3.05, 3.63) is 17.8 Å². The van der Waals surface area contributed by atoms with Crippen LogP contribution in [0, 0.1) is 11.3 Å². The number of nitrogens with zero attached hydrogens (tertiary/aromatic N) is 2. The Kier molecular flexibility index (Phi) is 3.58. The minimum absolute atomic E-state index is 0.0184. The van der Waals surface area contributed by atoms with Crippen LogP contribution in [-0.2, 0) is 0 Å². The average Bonchev–Trinajstić information content (AvgIpc) is 2.27. The van der Waals surface area contributed by atoms with Crippen LogP contribution in [-0.4, -0.2) is 29.2 Å². The number of aliphatic hydroxyl groups excluding tert-OH is 1. The smallest absolute Gasteiger partial charge is 0.287 e. The van der Waals surface area contributed by atoms with Crippen LogP contribution in [0.2, 0.25) is 0 Å². The minimum atomic E-state index is -3.25. The molecule has 1 heterocycles. The first kappa shape index (κ1) is 12.1. The average molecular weight is 228 g/mol. The summed E-state index contributed by atoms with van der Waals surface area (Å²) in [4.78, 5) is 3.71. The SMILES string of the molecule is N#Cc1cc(N)cnc1NCC(F)(F)CO. The summed E-state index contributed by atoms with van der Waals surface area (Å²) < 4.78 is 25.4. The molecule has 0 saturated heterocycles. The summed E-state index contributed by atoms with van der Waals surface area (Å²) in [6, 6.07) is 3.10. The van der Waals surface area contributed by atoms with Gasteiger partial charge in [-0.25, -0.2) is 13.8 Å². The Hall–Kier alpha value is -1.94. The zero-order valence-electron chi connectivity index (χ0n) is 8.24. The van der Waals surface area contributed by atoms with Gasteiger partial charge >= 0.3 is 0 Å². The quantitative estimate of drug-likeness (QED) is 0.700. The molecule has 0 spiro atoms. The predicted molar refractivity (Wildman–Crippen MR) is 53.9 cm³/mol. The third kappa shape index (κ3) is 3.03. The maximum atomic E-state index is 12.7. The number of aromatic nitrogens is 1. The second kappa shape index (κ2) is 4.72. The van der Waals surface area contributed by atoms with Crippen molar-refractivity contribution in [3.63, 3.8) is 0 Å². The van der Waals surface area contributed by atoms with E-state index < -0.39 is 19.1 Å². The molecule has 0 amide bonds. The van der Waals surface area contributed by atoms with Crippen LogP contribution in [0.4, 0.5) is 20.3 Å². The van der Waals surface area contributed by atoms with Crippen molar-refractivity contribution in [2.75, 3.05) is 24.2 Å². The molecule has 0 bridgehead atoms. The molecular formula is C9H10F2N4O. The lowest BCUT2D eigenvalue weighted by atomic mass is 10.2. The van der Waals surface area contributed by atoms with Gasteiger partial charge in [-0.3, -0.25) is 0 Å². The lowest BCUT2D eigenvalue weighted by Crippen LogP contribution is -2.31. The van der Waals surface area contributed by atoms with Crippen molar-refractivity contribution < 1.29 is 13.9 Å². The monoisotopic (exact) mass is 228 g/mol. The zero-order valence-corrected chi connectivity index (χ0v) is 8.24. The molecule has 4 N–H and O–H groups in total. The number of nitriles is 1. The van der Waals surface area contributed by atoms with Gasteiger partial charge in [0.05, 0.1) is 24.0 Å². The Morgan fingerprint density at radius 3 is 2.88 bits per heavy atom. The highest BCUT2D eigenvalue weighted by Gasteiger charge is 2.27. The number of aliphatic hydroxyl groups is 1. The van der Waals surface area contributed by atoms with E-state index in [2.05, 4.69) is 10.3 Å². The summed E-state index contributed by atoms with van der Waals surface area (Å²) in [5.41, 5.74) is 5.73. The van der Waals surface area contributed by atoms with E-state index >= 15 is 0 Å². The molecule has 0 radical (unpaired) electrons. The van der Waals surface area contributed by atoms with E-state index in [-0.39, 0.29) is 17.1 Å². The van der Waals surface area contributed by atoms with Crippen molar-refractivity contribution in [2.24, 2.45) is 0 Å². The number of anilines is 2. The molecule has 1 rings (SSSR count). The van der Waals surface area contributed by atoms with Gasteiger partial charge in [-0.2, -0.15) is 5.26 Å². The highest BCUT2D eigenvalue weighted by molar-refractivity contribution is 5.57. The van der Waals surface area contributed by atoms with Gasteiger partial charge in [0.1, 0.15) is 18.5 Å². The molecule has 0 fully saturated rings. The minimum Gasteiger partial charge on any atom is -0.397 e. The van der Waals surface area contributed by atoms with E-state index in [4.69, 9.17) is 16.1 Å². The van der Waals surface area contributed by atoms with Crippen molar-refractivity contribution in [3.8, 4) is 6.07 Å². The van der Waals surface area contributed by atoms with E-state index in [9.17, 15) is 8.78 Å². The Labute approximate surface area is 90.5 Å². The van der Waals surface area contributed by atoms with Crippen LogP contribution in [0.15, 0.2) is 12.3 Å². The first-order valence-corrected chi connectivity index (χ1v) is 4.36. The zero-order chi connectivity index (χ0) is 12.2. The Morgan fingerprint density at radius 1 is 1.62 bits per heavy atom. The number of nitrogens with one attached hydrogen (secondary N) is 1. The van der Waals surface area contributed by atoms with Gasteiger partial charge in [0, 0.05) is 0 Å². The van der Waals surface area contributed by atoms with Gasteiger partial charge in [0.25, 0.3) is 5.92 Å². The van der Waals surface area contributed by atoms with Crippen molar-refractivity contribution >= 4 is 11.5 Å². The highest BCUT2D eigenvalue weighted by Crippen LogP contribution is 2.17. The van der Waals surface area contributed by atoms with E-state index in [0.717, 1.165) is 0 Å². The van der Waals surface area contributed by atoms with Crippen LogP contribution in [0.1, 0.15) is 5.56 Å². The number of alkyl halides is 2. The molecular weight excluding hydrogens is 218 g/mol. The molecule has 0 aliphatic carbocycles. The van der Waals surface area contributed by atoms with Crippen molar-refractivity contribution in [2.45, 2.75) is 5.92 Å². The molecule has 0 saturated carbocycles. The fraction of sp³-hybridized carbons (Fsp3) is 0.333. The van der Waals surface area contributed by atoms with E-state index in [1.54, 1.807) is 6.07 Å². The lowest BCUT2D eigenvalue weighted by Gasteiger charge is -2.14. The van der Waals surface area contributed by atoms with E-state index in [1.807, 2.05) is 0 Å². The first-order chi connectivity index (χ1) is 7.48. The number of hydrogen-bond donors (Lipinski definition) is 3. The third-order valence-electron chi connectivity index (χ3n) is 1.78. The molecule has 0 unspecified atom stereocenters. The molecule has 1 aromatic heterocycles. The Balaban J connectivity index is 2.79. The van der Waals surface area contributed by atoms with Crippen LogP contribution < -0.4 is 11.1 Å². The maximum absolute atomic E-state index is 12.7. The van der Waals surface area contributed by atoms with Crippen LogP contribution in [0.5, 0.6) is 0 Å². The van der Waals surface area contributed by atoms with Crippen LogP contribution in [0.3, 0.4) is 0 Å². The maximum Gasteiger partial charge on any atom is 0.287 e. The van der Waals surface area contributed by atoms with Crippen molar-refractivity contribution in [1.29, 1.82) is 5.26 Å². The molecule has 5 nitrogen and oxygen atoms in total. The number of nitrogen functional groups attached to an aromatic ring is 1. The van der Waals surface area contributed by atoms with Gasteiger partial charge in [-0.1, -0.05) is 0 Å².